The first-order valence-corrected chi connectivity index (χ1v) is 36.3. The number of carbonyl (C=O) groups is 4. The molecule has 0 aromatic rings. The van der Waals surface area contributed by atoms with Crippen LogP contribution >= 0.6 is 15.6 Å². The van der Waals surface area contributed by atoms with Gasteiger partial charge in [0.25, 0.3) is 0 Å². The molecule has 19 heteroatoms. The molecular weight excluding hydrogens is 1100 g/mol. The van der Waals surface area contributed by atoms with Crippen LogP contribution < -0.4 is 0 Å². The van der Waals surface area contributed by atoms with E-state index >= 15 is 0 Å². The lowest BCUT2D eigenvalue weighted by molar-refractivity contribution is -0.161. The van der Waals surface area contributed by atoms with Crippen LogP contribution in [0.1, 0.15) is 306 Å². The molecule has 5 unspecified atom stereocenters. The zero-order valence-corrected chi connectivity index (χ0v) is 55.6. The van der Waals surface area contributed by atoms with Crippen molar-refractivity contribution in [1.29, 1.82) is 0 Å². The van der Waals surface area contributed by atoms with Crippen molar-refractivity contribution in [2.75, 3.05) is 39.6 Å². The third kappa shape index (κ3) is 56.3. The van der Waals surface area contributed by atoms with Crippen LogP contribution in [0.3, 0.4) is 0 Å². The maximum atomic E-state index is 13.0. The lowest BCUT2D eigenvalue weighted by Gasteiger charge is -2.21. The van der Waals surface area contributed by atoms with Crippen LogP contribution in [0.2, 0.25) is 0 Å². The second-order valence-corrected chi connectivity index (χ2v) is 27.5. The molecule has 0 rings (SSSR count). The van der Waals surface area contributed by atoms with E-state index in [1.54, 1.807) is 0 Å². The Morgan fingerprint density at radius 1 is 0.337 bits per heavy atom. The van der Waals surface area contributed by atoms with Gasteiger partial charge in [0.1, 0.15) is 19.3 Å². The Balaban J connectivity index is 5.26. The fourth-order valence-electron chi connectivity index (χ4n) is 9.36. The number of phosphoric ester groups is 2. The summed E-state index contributed by atoms with van der Waals surface area (Å²) in [5.74, 6) is 0.777. The van der Waals surface area contributed by atoms with Gasteiger partial charge in [-0.1, -0.05) is 254 Å². The molecule has 0 saturated carbocycles. The lowest BCUT2D eigenvalue weighted by Crippen LogP contribution is -2.30. The van der Waals surface area contributed by atoms with Crippen LogP contribution in [0.15, 0.2) is 0 Å². The maximum absolute atomic E-state index is 13.0. The monoisotopic (exact) mass is 1230 g/mol. The SMILES string of the molecule is CCC(C)CCCCCCCCCCC(=O)OC[C@H](COP(=O)(O)OCC(O)COP(=O)(O)OC[C@@H](COC(=O)CCCCCCCCCC(C)C)OC(=O)CCCCCCCCC(C)C)OC(=O)CCCCCCCCCCC(C)CC. The zero-order chi connectivity index (χ0) is 61.8. The lowest BCUT2D eigenvalue weighted by atomic mass is 9.99. The Kier molecular flexibility index (Phi) is 53.0. The molecule has 0 amide bonds. The molecule has 0 radical (unpaired) electrons. The Morgan fingerprint density at radius 2 is 0.578 bits per heavy atom. The molecule has 17 nitrogen and oxygen atoms in total. The molecule has 7 atom stereocenters. The Morgan fingerprint density at radius 3 is 0.855 bits per heavy atom. The molecular formula is C64H124O17P2. The van der Waals surface area contributed by atoms with Crippen molar-refractivity contribution in [3.8, 4) is 0 Å². The molecule has 0 aliphatic carbocycles. The molecule has 0 fully saturated rings. The molecule has 492 valence electrons. The van der Waals surface area contributed by atoms with E-state index in [0.717, 1.165) is 108 Å². The number of unbranched alkanes of at least 4 members (excludes halogenated alkanes) is 25. The van der Waals surface area contributed by atoms with Crippen molar-refractivity contribution in [3.05, 3.63) is 0 Å². The van der Waals surface area contributed by atoms with Crippen LogP contribution in [-0.4, -0.2) is 96.7 Å². The van der Waals surface area contributed by atoms with E-state index in [9.17, 15) is 43.2 Å². The van der Waals surface area contributed by atoms with Gasteiger partial charge in [0.2, 0.25) is 0 Å². The third-order valence-corrected chi connectivity index (χ3v) is 17.2. The minimum atomic E-state index is -4.95. The Bertz CT molecular complexity index is 1670. The second-order valence-electron chi connectivity index (χ2n) is 24.6. The van der Waals surface area contributed by atoms with Gasteiger partial charge < -0.3 is 33.8 Å². The molecule has 0 heterocycles. The maximum Gasteiger partial charge on any atom is 0.472 e. The van der Waals surface area contributed by atoms with Crippen LogP contribution in [0.5, 0.6) is 0 Å². The molecule has 0 bridgehead atoms. The van der Waals surface area contributed by atoms with Crippen molar-refractivity contribution in [2.45, 2.75) is 324 Å². The van der Waals surface area contributed by atoms with Gasteiger partial charge in [-0.15, -0.1) is 0 Å². The highest BCUT2D eigenvalue weighted by atomic mass is 31.2. The van der Waals surface area contributed by atoms with Crippen LogP contribution in [0.4, 0.5) is 0 Å². The van der Waals surface area contributed by atoms with Crippen molar-refractivity contribution >= 4 is 39.5 Å². The van der Waals surface area contributed by atoms with E-state index in [1.165, 1.54) is 103 Å². The summed E-state index contributed by atoms with van der Waals surface area (Å²) in [7, 11) is -9.89. The fourth-order valence-corrected chi connectivity index (χ4v) is 10.9. The average molecular weight is 1230 g/mol. The van der Waals surface area contributed by atoms with E-state index in [0.29, 0.717) is 37.5 Å². The molecule has 3 N–H and O–H groups in total. The van der Waals surface area contributed by atoms with Crippen molar-refractivity contribution in [1.82, 2.24) is 0 Å². The van der Waals surface area contributed by atoms with Gasteiger partial charge in [0.05, 0.1) is 26.4 Å². The smallest absolute Gasteiger partial charge is 0.462 e. The molecule has 0 aromatic heterocycles. The number of phosphoric acid groups is 2. The Labute approximate surface area is 505 Å². The van der Waals surface area contributed by atoms with E-state index in [1.807, 2.05) is 0 Å². The summed E-state index contributed by atoms with van der Waals surface area (Å²) >= 11 is 0. The number of carbonyl (C=O) groups excluding carboxylic acids is 4. The van der Waals surface area contributed by atoms with E-state index < -0.39 is 97.5 Å². The standard InChI is InChI=1S/C64H124O17P2/c1-9-56(7)42-34-26-17-11-13-19-28-36-44-61(66)74-50-59(80-63(68)46-38-30-20-14-12-18-27-35-43-57(8)10-2)52-78-82(70,71)76-48-58(65)49-77-83(72,73)79-53-60(81-64(69)47-39-31-23-22-25-33-41-55(5)6)51-75-62(67)45-37-29-21-15-16-24-32-40-54(3)4/h54-60,65H,9-53H2,1-8H3,(H,70,71)(H,72,73)/t56?,57?,58?,59-,60-/m1/s1. The fraction of sp³-hybridized carbons (Fsp3) is 0.938. The number of aliphatic hydroxyl groups is 1. The predicted octanol–water partition coefficient (Wildman–Crippen LogP) is 17.4. The van der Waals surface area contributed by atoms with Gasteiger partial charge in [0, 0.05) is 25.7 Å². The average Bonchev–Trinajstić information content (AvgIpc) is 3.44. The van der Waals surface area contributed by atoms with Gasteiger partial charge in [0.15, 0.2) is 12.2 Å². The number of ether oxygens (including phenoxy) is 4. The first kappa shape index (κ1) is 81.1. The van der Waals surface area contributed by atoms with Gasteiger partial charge in [-0.3, -0.25) is 37.3 Å². The summed E-state index contributed by atoms with van der Waals surface area (Å²) in [6.07, 6.45) is 33.6. The molecule has 0 aliphatic heterocycles. The van der Waals surface area contributed by atoms with Crippen molar-refractivity contribution in [3.63, 3.8) is 0 Å². The van der Waals surface area contributed by atoms with Crippen molar-refractivity contribution < 1.29 is 80.2 Å². The molecule has 0 spiro atoms. The highest BCUT2D eigenvalue weighted by Gasteiger charge is 2.30. The van der Waals surface area contributed by atoms with Crippen LogP contribution in [-0.2, 0) is 65.4 Å². The molecule has 83 heavy (non-hydrogen) atoms. The van der Waals surface area contributed by atoms with E-state index in [4.69, 9.17) is 37.0 Å². The highest BCUT2D eigenvalue weighted by Crippen LogP contribution is 2.45. The summed E-state index contributed by atoms with van der Waals surface area (Å²) in [5.41, 5.74) is 0. The topological polar surface area (TPSA) is 237 Å². The largest absolute Gasteiger partial charge is 0.472 e. The van der Waals surface area contributed by atoms with E-state index in [2.05, 4.69) is 55.4 Å². The van der Waals surface area contributed by atoms with Gasteiger partial charge in [-0.25, -0.2) is 9.13 Å². The molecule has 0 aliphatic rings. The van der Waals surface area contributed by atoms with E-state index in [-0.39, 0.29) is 25.7 Å². The Hall–Kier alpha value is -1.94. The second kappa shape index (κ2) is 54.2. The first-order valence-electron chi connectivity index (χ1n) is 33.3. The number of hydrogen-bond donors (Lipinski definition) is 3. The quantitative estimate of drug-likeness (QED) is 0.0222. The van der Waals surface area contributed by atoms with Crippen molar-refractivity contribution in [2.24, 2.45) is 23.7 Å². The van der Waals surface area contributed by atoms with Gasteiger partial charge >= 0.3 is 39.5 Å². The van der Waals surface area contributed by atoms with Gasteiger partial charge in [-0.2, -0.15) is 0 Å². The summed E-state index contributed by atoms with van der Waals surface area (Å²) in [4.78, 5) is 72.2. The number of aliphatic hydroxyl groups excluding tert-OH is 1. The molecule has 0 saturated heterocycles. The third-order valence-electron chi connectivity index (χ3n) is 15.3. The number of rotatable bonds is 61. The first-order chi connectivity index (χ1) is 39.7. The molecule has 0 aromatic carbocycles. The summed E-state index contributed by atoms with van der Waals surface area (Å²) in [6, 6.07) is 0. The van der Waals surface area contributed by atoms with Gasteiger partial charge in [-0.05, 0) is 49.4 Å². The number of esters is 4. The minimum absolute atomic E-state index is 0.101. The summed E-state index contributed by atoms with van der Waals surface area (Å²) in [6.45, 7) is 13.9. The van der Waals surface area contributed by atoms with Crippen LogP contribution in [0, 0.1) is 23.7 Å². The van der Waals surface area contributed by atoms with Crippen LogP contribution in [0.25, 0.3) is 0 Å². The number of hydrogen-bond acceptors (Lipinski definition) is 15. The normalized spacial score (nSPS) is 15.1. The summed E-state index contributed by atoms with van der Waals surface area (Å²) in [5, 5.41) is 10.5. The zero-order valence-electron chi connectivity index (χ0n) is 53.8. The summed E-state index contributed by atoms with van der Waals surface area (Å²) < 4.78 is 68.0. The highest BCUT2D eigenvalue weighted by molar-refractivity contribution is 7.47. The predicted molar refractivity (Wildman–Crippen MR) is 331 cm³/mol. The minimum Gasteiger partial charge on any atom is -0.462 e.